The zero-order valence-corrected chi connectivity index (χ0v) is 13.2. The number of halogens is 1. The fraction of sp³-hybridized carbons (Fsp3) is 0.188. The molecule has 1 amide bonds. The van der Waals surface area contributed by atoms with Gasteiger partial charge in [0.15, 0.2) is 0 Å². The second kappa shape index (κ2) is 6.19. The maximum Gasteiger partial charge on any atom is 0.231 e. The molecule has 2 rings (SSSR count). The van der Waals surface area contributed by atoms with Crippen molar-refractivity contribution >= 4 is 39.9 Å². The van der Waals surface area contributed by atoms with Gasteiger partial charge in [-0.05, 0) is 59.3 Å². The average Bonchev–Trinajstić information content (AvgIpc) is 2.44. The highest BCUT2D eigenvalue weighted by molar-refractivity contribution is 14.1. The topological polar surface area (TPSA) is 20.3 Å². The lowest BCUT2D eigenvalue weighted by molar-refractivity contribution is -0.117. The summed E-state index contributed by atoms with van der Waals surface area (Å²) in [6, 6.07) is 16.0. The van der Waals surface area contributed by atoms with Crippen LogP contribution in [0.25, 0.3) is 0 Å². The molecule has 2 aromatic carbocycles. The Kier molecular flexibility index (Phi) is 4.58. The van der Waals surface area contributed by atoms with Gasteiger partial charge in [0, 0.05) is 15.7 Å². The van der Waals surface area contributed by atoms with Crippen molar-refractivity contribution in [3.8, 4) is 0 Å². The molecule has 0 saturated carbocycles. The maximum absolute atomic E-state index is 12.3. The first-order valence-electron chi connectivity index (χ1n) is 6.27. The Morgan fingerprint density at radius 1 is 1.16 bits per heavy atom. The van der Waals surface area contributed by atoms with E-state index >= 15 is 0 Å². The maximum atomic E-state index is 12.3. The zero-order valence-electron chi connectivity index (χ0n) is 11.1. The van der Waals surface area contributed by atoms with Gasteiger partial charge in [-0.1, -0.05) is 31.2 Å². The normalized spacial score (nSPS) is 10.3. The van der Waals surface area contributed by atoms with E-state index in [-0.39, 0.29) is 5.91 Å². The molecule has 0 aliphatic carbocycles. The smallest absolute Gasteiger partial charge is 0.231 e. The predicted molar refractivity (Wildman–Crippen MR) is 87.8 cm³/mol. The number of para-hydroxylation sites is 1. The monoisotopic (exact) mass is 365 g/mol. The molecule has 0 unspecified atom stereocenters. The first kappa shape index (κ1) is 14.1. The number of hydrogen-bond acceptors (Lipinski definition) is 1. The molecule has 2 nitrogen and oxygen atoms in total. The van der Waals surface area contributed by atoms with Crippen LogP contribution in [-0.2, 0) is 4.79 Å². The van der Waals surface area contributed by atoms with E-state index in [1.165, 1.54) is 0 Å². The average molecular weight is 365 g/mol. The van der Waals surface area contributed by atoms with Crippen LogP contribution in [0.4, 0.5) is 11.4 Å². The van der Waals surface area contributed by atoms with Gasteiger partial charge in [-0.15, -0.1) is 0 Å². The van der Waals surface area contributed by atoms with Crippen molar-refractivity contribution in [1.82, 2.24) is 0 Å². The van der Waals surface area contributed by atoms with Crippen LogP contribution in [0.5, 0.6) is 0 Å². The Hall–Kier alpha value is -1.36. The summed E-state index contributed by atoms with van der Waals surface area (Å²) < 4.78 is 1.08. The molecule has 0 bridgehead atoms. The van der Waals surface area contributed by atoms with Gasteiger partial charge in [-0.25, -0.2) is 0 Å². The number of benzene rings is 2. The molecule has 0 N–H and O–H groups in total. The molecule has 0 heterocycles. The first-order valence-corrected chi connectivity index (χ1v) is 7.35. The molecule has 0 radical (unpaired) electrons. The number of aryl methyl sites for hydroxylation is 1. The quantitative estimate of drug-likeness (QED) is 0.724. The SMILES string of the molecule is CCC(=O)N(c1ccccc1)c1cc(C)ccc1I. The Morgan fingerprint density at radius 2 is 1.84 bits per heavy atom. The second-order valence-corrected chi connectivity index (χ2v) is 5.54. The molecule has 0 spiro atoms. The highest BCUT2D eigenvalue weighted by Crippen LogP contribution is 2.31. The number of carbonyl (C=O) groups excluding carboxylic acids is 1. The third-order valence-electron chi connectivity index (χ3n) is 2.91. The highest BCUT2D eigenvalue weighted by atomic mass is 127. The minimum Gasteiger partial charge on any atom is -0.280 e. The third kappa shape index (κ3) is 3.15. The van der Waals surface area contributed by atoms with Crippen LogP contribution in [0.1, 0.15) is 18.9 Å². The van der Waals surface area contributed by atoms with Crippen molar-refractivity contribution in [2.45, 2.75) is 20.3 Å². The van der Waals surface area contributed by atoms with Crippen LogP contribution in [-0.4, -0.2) is 5.91 Å². The van der Waals surface area contributed by atoms with E-state index < -0.39 is 0 Å². The lowest BCUT2D eigenvalue weighted by Gasteiger charge is -2.24. The molecule has 0 aliphatic rings. The molecule has 0 fully saturated rings. The minimum absolute atomic E-state index is 0.106. The van der Waals surface area contributed by atoms with E-state index in [9.17, 15) is 4.79 Å². The Balaban J connectivity index is 2.55. The summed E-state index contributed by atoms with van der Waals surface area (Å²) in [4.78, 5) is 14.1. The van der Waals surface area contributed by atoms with E-state index in [0.717, 1.165) is 20.5 Å². The molecule has 0 aliphatic heterocycles. The highest BCUT2D eigenvalue weighted by Gasteiger charge is 2.18. The van der Waals surface area contributed by atoms with Gasteiger partial charge in [0.2, 0.25) is 5.91 Å². The van der Waals surface area contributed by atoms with Crippen LogP contribution in [0, 0.1) is 10.5 Å². The van der Waals surface area contributed by atoms with E-state index in [2.05, 4.69) is 34.7 Å². The molecule has 19 heavy (non-hydrogen) atoms. The van der Waals surface area contributed by atoms with Gasteiger partial charge < -0.3 is 0 Å². The van der Waals surface area contributed by atoms with Crippen LogP contribution in [0.15, 0.2) is 48.5 Å². The number of hydrogen-bond donors (Lipinski definition) is 0. The summed E-state index contributed by atoms with van der Waals surface area (Å²) in [5.41, 5.74) is 3.02. The van der Waals surface area contributed by atoms with Gasteiger partial charge in [0.05, 0.1) is 5.69 Å². The van der Waals surface area contributed by atoms with E-state index in [4.69, 9.17) is 0 Å². The number of carbonyl (C=O) groups is 1. The first-order chi connectivity index (χ1) is 9.13. The molecule has 0 atom stereocenters. The van der Waals surface area contributed by atoms with Crippen molar-refractivity contribution in [3.05, 3.63) is 57.7 Å². The van der Waals surface area contributed by atoms with Crippen molar-refractivity contribution in [2.24, 2.45) is 0 Å². The third-order valence-corrected chi connectivity index (χ3v) is 3.82. The summed E-state index contributed by atoms with van der Waals surface area (Å²) in [6.07, 6.45) is 0.485. The van der Waals surface area contributed by atoms with Crippen LogP contribution in [0.2, 0.25) is 0 Å². The molecule has 0 aromatic heterocycles. The van der Waals surface area contributed by atoms with Gasteiger partial charge in [-0.3, -0.25) is 9.69 Å². The fourth-order valence-electron chi connectivity index (χ4n) is 1.95. The zero-order chi connectivity index (χ0) is 13.8. The Bertz CT molecular complexity index is 581. The molecule has 3 heteroatoms. The predicted octanol–water partition coefficient (Wildman–Crippen LogP) is 4.67. The number of anilines is 2. The van der Waals surface area contributed by atoms with Crippen LogP contribution >= 0.6 is 22.6 Å². The number of rotatable bonds is 3. The Morgan fingerprint density at radius 3 is 2.47 bits per heavy atom. The van der Waals surface area contributed by atoms with Crippen molar-refractivity contribution in [2.75, 3.05) is 4.90 Å². The number of amides is 1. The lowest BCUT2D eigenvalue weighted by Crippen LogP contribution is -2.25. The fourth-order valence-corrected chi connectivity index (χ4v) is 2.52. The molecule has 98 valence electrons. The summed E-state index contributed by atoms with van der Waals surface area (Å²) >= 11 is 2.27. The Labute approximate surface area is 127 Å². The van der Waals surface area contributed by atoms with Gasteiger partial charge in [0.1, 0.15) is 0 Å². The van der Waals surface area contributed by atoms with Gasteiger partial charge in [0.25, 0.3) is 0 Å². The molecule has 2 aromatic rings. The summed E-state index contributed by atoms with van der Waals surface area (Å²) in [6.45, 7) is 3.93. The molecule has 0 saturated heterocycles. The van der Waals surface area contributed by atoms with E-state index in [1.807, 2.05) is 50.2 Å². The van der Waals surface area contributed by atoms with Crippen molar-refractivity contribution in [1.29, 1.82) is 0 Å². The summed E-state index contributed by atoms with van der Waals surface area (Å²) in [5, 5.41) is 0. The number of nitrogens with zero attached hydrogens (tertiary/aromatic N) is 1. The summed E-state index contributed by atoms with van der Waals surface area (Å²) in [5.74, 6) is 0.106. The molecular weight excluding hydrogens is 349 g/mol. The van der Waals surface area contributed by atoms with Crippen molar-refractivity contribution in [3.63, 3.8) is 0 Å². The summed E-state index contributed by atoms with van der Waals surface area (Å²) in [7, 11) is 0. The van der Waals surface area contributed by atoms with Gasteiger partial charge >= 0.3 is 0 Å². The van der Waals surface area contributed by atoms with Crippen LogP contribution < -0.4 is 4.90 Å². The lowest BCUT2D eigenvalue weighted by atomic mass is 10.1. The second-order valence-electron chi connectivity index (χ2n) is 4.37. The minimum atomic E-state index is 0.106. The van der Waals surface area contributed by atoms with E-state index in [1.54, 1.807) is 4.90 Å². The van der Waals surface area contributed by atoms with Crippen LogP contribution in [0.3, 0.4) is 0 Å². The molecular formula is C16H16INO. The van der Waals surface area contributed by atoms with Crippen molar-refractivity contribution < 1.29 is 4.79 Å². The largest absolute Gasteiger partial charge is 0.280 e. The standard InChI is InChI=1S/C16H16INO/c1-3-16(19)18(13-7-5-4-6-8-13)15-11-12(2)9-10-14(15)17/h4-11H,3H2,1-2H3. The van der Waals surface area contributed by atoms with Gasteiger partial charge in [-0.2, -0.15) is 0 Å². The van der Waals surface area contributed by atoms with E-state index in [0.29, 0.717) is 6.42 Å².